The zero-order chi connectivity index (χ0) is 22.5. The molecule has 0 aliphatic carbocycles. The molecule has 1 unspecified atom stereocenters. The number of amides is 1. The lowest BCUT2D eigenvalue weighted by molar-refractivity contribution is -0.124. The van der Waals surface area contributed by atoms with E-state index in [1.54, 1.807) is 36.1 Å². The molecule has 0 aliphatic heterocycles. The van der Waals surface area contributed by atoms with Crippen LogP contribution in [0.2, 0.25) is 5.02 Å². The molecule has 31 heavy (non-hydrogen) atoms. The molecule has 1 heterocycles. The fourth-order valence-electron chi connectivity index (χ4n) is 3.21. The summed E-state index contributed by atoms with van der Waals surface area (Å²) >= 11 is 6.19. The largest absolute Gasteiger partial charge is 0.496 e. The van der Waals surface area contributed by atoms with Gasteiger partial charge in [-0.3, -0.25) is 4.79 Å². The number of aromatic nitrogens is 2. The molecule has 1 atom stereocenters. The Morgan fingerprint density at radius 3 is 2.42 bits per heavy atom. The second-order valence-electron chi connectivity index (χ2n) is 7.05. The first-order chi connectivity index (χ1) is 14.8. The van der Waals surface area contributed by atoms with E-state index in [4.69, 9.17) is 21.1 Å². The number of methoxy groups -OCH3 is 1. The third kappa shape index (κ3) is 5.06. The van der Waals surface area contributed by atoms with Crippen molar-refractivity contribution in [1.29, 1.82) is 0 Å². The second-order valence-corrected chi connectivity index (χ2v) is 7.43. The van der Waals surface area contributed by atoms with Gasteiger partial charge in [0.1, 0.15) is 5.75 Å². The van der Waals surface area contributed by atoms with E-state index in [0.717, 1.165) is 22.6 Å². The summed E-state index contributed by atoms with van der Waals surface area (Å²) in [7, 11) is 1.57. The van der Waals surface area contributed by atoms with Gasteiger partial charge in [-0.1, -0.05) is 29.8 Å². The molecule has 8 heteroatoms. The fraction of sp³-hybridized carbons (Fsp3) is 0.261. The van der Waals surface area contributed by atoms with Crippen molar-refractivity contribution in [3.8, 4) is 11.4 Å². The number of halogens is 1. The van der Waals surface area contributed by atoms with E-state index in [9.17, 15) is 9.59 Å². The SMILES string of the molecule is COc1ccccc1C(C)NC(=O)COC(=O)c1ccc(-n2nc(C)c(Cl)c2C)cc1. The number of ether oxygens (including phenoxy) is 2. The van der Waals surface area contributed by atoms with Gasteiger partial charge in [0.25, 0.3) is 5.91 Å². The Hall–Kier alpha value is -3.32. The lowest BCUT2D eigenvalue weighted by Gasteiger charge is -2.17. The molecule has 1 amide bonds. The molecule has 0 fully saturated rings. The molecular weight excluding hydrogens is 418 g/mol. The van der Waals surface area contributed by atoms with Crippen molar-refractivity contribution in [2.75, 3.05) is 13.7 Å². The van der Waals surface area contributed by atoms with Gasteiger partial charge >= 0.3 is 5.97 Å². The average Bonchev–Trinajstić information content (AvgIpc) is 3.04. The Morgan fingerprint density at radius 1 is 1.13 bits per heavy atom. The zero-order valence-corrected chi connectivity index (χ0v) is 18.6. The summed E-state index contributed by atoms with van der Waals surface area (Å²) < 4.78 is 12.2. The van der Waals surface area contributed by atoms with Crippen molar-refractivity contribution in [2.45, 2.75) is 26.8 Å². The maximum Gasteiger partial charge on any atom is 0.338 e. The molecule has 0 aliphatic rings. The van der Waals surface area contributed by atoms with Crippen LogP contribution in [0, 0.1) is 13.8 Å². The smallest absolute Gasteiger partial charge is 0.338 e. The van der Waals surface area contributed by atoms with Crippen LogP contribution in [0.1, 0.15) is 40.3 Å². The number of nitrogens with zero attached hydrogens (tertiary/aromatic N) is 2. The minimum absolute atomic E-state index is 0.297. The lowest BCUT2D eigenvalue weighted by atomic mass is 10.1. The van der Waals surface area contributed by atoms with Crippen LogP contribution in [0.4, 0.5) is 0 Å². The van der Waals surface area contributed by atoms with Gasteiger partial charge in [-0.2, -0.15) is 5.10 Å². The number of aryl methyl sites for hydroxylation is 1. The fourth-order valence-corrected chi connectivity index (χ4v) is 3.33. The number of esters is 1. The first-order valence-electron chi connectivity index (χ1n) is 9.73. The van der Waals surface area contributed by atoms with Gasteiger partial charge in [0.15, 0.2) is 6.61 Å². The van der Waals surface area contributed by atoms with Gasteiger partial charge in [-0.05, 0) is 51.1 Å². The Kier molecular flexibility index (Phi) is 6.97. The van der Waals surface area contributed by atoms with Crippen LogP contribution in [-0.2, 0) is 9.53 Å². The van der Waals surface area contributed by atoms with Crippen LogP contribution in [-0.4, -0.2) is 35.4 Å². The van der Waals surface area contributed by atoms with Gasteiger partial charge in [-0.15, -0.1) is 0 Å². The average molecular weight is 442 g/mol. The van der Waals surface area contributed by atoms with Gasteiger partial charge in [0, 0.05) is 5.56 Å². The molecule has 0 saturated carbocycles. The standard InChI is InChI=1S/C23H24ClN3O4/c1-14(19-7-5-6-8-20(19)30-4)25-21(28)13-31-23(29)17-9-11-18(12-10-17)27-16(3)22(24)15(2)26-27/h5-12,14H,13H2,1-4H3,(H,25,28). The van der Waals surface area contributed by atoms with Gasteiger partial charge in [0.05, 0.1) is 40.8 Å². The number of para-hydroxylation sites is 1. The van der Waals surface area contributed by atoms with Crippen molar-refractivity contribution in [3.63, 3.8) is 0 Å². The van der Waals surface area contributed by atoms with E-state index < -0.39 is 11.9 Å². The lowest BCUT2D eigenvalue weighted by Crippen LogP contribution is -2.31. The van der Waals surface area contributed by atoms with Gasteiger partial charge in [0.2, 0.25) is 0 Å². The maximum atomic E-state index is 12.3. The third-order valence-electron chi connectivity index (χ3n) is 4.87. The van der Waals surface area contributed by atoms with E-state index in [1.165, 1.54) is 0 Å². The summed E-state index contributed by atoms with van der Waals surface area (Å²) in [6.45, 7) is 5.15. The number of nitrogens with one attached hydrogen (secondary N) is 1. The first kappa shape index (κ1) is 22.4. The van der Waals surface area contributed by atoms with E-state index in [2.05, 4.69) is 10.4 Å². The number of hydrogen-bond donors (Lipinski definition) is 1. The van der Waals surface area contributed by atoms with E-state index in [0.29, 0.717) is 16.3 Å². The van der Waals surface area contributed by atoms with Crippen molar-refractivity contribution in [1.82, 2.24) is 15.1 Å². The highest BCUT2D eigenvalue weighted by Crippen LogP contribution is 2.24. The summed E-state index contributed by atoms with van der Waals surface area (Å²) in [5, 5.41) is 7.80. The highest BCUT2D eigenvalue weighted by molar-refractivity contribution is 6.31. The second kappa shape index (κ2) is 9.66. The van der Waals surface area contributed by atoms with Crippen molar-refractivity contribution < 1.29 is 19.1 Å². The Balaban J connectivity index is 1.58. The number of rotatable bonds is 7. The van der Waals surface area contributed by atoms with Gasteiger partial charge < -0.3 is 14.8 Å². The maximum absolute atomic E-state index is 12.3. The number of benzene rings is 2. The van der Waals surface area contributed by atoms with Crippen LogP contribution >= 0.6 is 11.6 Å². The number of carbonyl (C=O) groups excluding carboxylic acids is 2. The normalized spacial score (nSPS) is 11.6. The molecule has 1 N–H and O–H groups in total. The first-order valence-corrected chi connectivity index (χ1v) is 10.1. The van der Waals surface area contributed by atoms with Crippen LogP contribution in [0.5, 0.6) is 5.75 Å². The molecule has 7 nitrogen and oxygen atoms in total. The summed E-state index contributed by atoms with van der Waals surface area (Å²) in [6.07, 6.45) is 0. The minimum Gasteiger partial charge on any atom is -0.496 e. The molecule has 2 aromatic carbocycles. The number of hydrogen-bond acceptors (Lipinski definition) is 5. The predicted octanol–water partition coefficient (Wildman–Crippen LogP) is 4.19. The third-order valence-corrected chi connectivity index (χ3v) is 5.41. The molecular formula is C23H24ClN3O4. The highest BCUT2D eigenvalue weighted by atomic mass is 35.5. The molecule has 162 valence electrons. The topological polar surface area (TPSA) is 82.5 Å². The van der Waals surface area contributed by atoms with Crippen LogP contribution in [0.3, 0.4) is 0 Å². The summed E-state index contributed by atoms with van der Waals surface area (Å²) in [6, 6.07) is 13.8. The number of carbonyl (C=O) groups is 2. The molecule has 3 rings (SSSR count). The summed E-state index contributed by atoms with van der Waals surface area (Å²) in [5.41, 5.74) is 3.49. The Bertz CT molecular complexity index is 1090. The highest BCUT2D eigenvalue weighted by Gasteiger charge is 2.16. The van der Waals surface area contributed by atoms with Gasteiger partial charge in [-0.25, -0.2) is 9.48 Å². The quantitative estimate of drug-likeness (QED) is 0.556. The molecule has 0 spiro atoms. The Labute approximate surface area is 185 Å². The Morgan fingerprint density at radius 2 is 1.81 bits per heavy atom. The molecule has 0 saturated heterocycles. The van der Waals surface area contributed by atoms with E-state index in [-0.39, 0.29) is 12.6 Å². The minimum atomic E-state index is -0.585. The van der Waals surface area contributed by atoms with Crippen molar-refractivity contribution in [3.05, 3.63) is 76.1 Å². The molecule has 1 aromatic heterocycles. The predicted molar refractivity (Wildman–Crippen MR) is 118 cm³/mol. The summed E-state index contributed by atoms with van der Waals surface area (Å²) in [5.74, 6) is -0.310. The van der Waals surface area contributed by atoms with Crippen LogP contribution < -0.4 is 10.1 Å². The van der Waals surface area contributed by atoms with Crippen LogP contribution in [0.25, 0.3) is 5.69 Å². The molecule has 0 bridgehead atoms. The molecule has 0 radical (unpaired) electrons. The van der Waals surface area contributed by atoms with Crippen molar-refractivity contribution in [2.24, 2.45) is 0 Å². The summed E-state index contributed by atoms with van der Waals surface area (Å²) in [4.78, 5) is 24.5. The van der Waals surface area contributed by atoms with Crippen molar-refractivity contribution >= 4 is 23.5 Å². The molecule has 3 aromatic rings. The van der Waals surface area contributed by atoms with E-state index in [1.807, 2.05) is 45.0 Å². The van der Waals surface area contributed by atoms with Crippen LogP contribution in [0.15, 0.2) is 48.5 Å². The van der Waals surface area contributed by atoms with E-state index >= 15 is 0 Å². The zero-order valence-electron chi connectivity index (χ0n) is 17.8. The monoisotopic (exact) mass is 441 g/mol.